The zero-order valence-corrected chi connectivity index (χ0v) is 15.8. The molecule has 3 fully saturated rings. The minimum Gasteiger partial charge on any atom is -0.367 e. The first kappa shape index (κ1) is 16.9. The Bertz CT molecular complexity index is 864. The average Bonchev–Trinajstić information content (AvgIpc) is 3.48. The second kappa shape index (κ2) is 6.76. The van der Waals surface area contributed by atoms with Gasteiger partial charge < -0.3 is 10.2 Å². The van der Waals surface area contributed by atoms with Gasteiger partial charge in [-0.3, -0.25) is 0 Å². The van der Waals surface area contributed by atoms with E-state index >= 15 is 0 Å². The van der Waals surface area contributed by atoms with Crippen molar-refractivity contribution < 1.29 is 0 Å². The highest BCUT2D eigenvalue weighted by atomic mass is 15.2. The molecule has 0 amide bonds. The lowest BCUT2D eigenvalue weighted by molar-refractivity contribution is 0.0975. The number of anilines is 1. The van der Waals surface area contributed by atoms with Crippen molar-refractivity contribution in [2.75, 3.05) is 18.4 Å². The second-order valence-corrected chi connectivity index (χ2v) is 8.75. The molecule has 2 saturated carbocycles. The number of rotatable bonds is 3. The molecule has 0 unspecified atom stereocenters. The number of nitrogens with zero attached hydrogens (tertiary/aromatic N) is 4. The summed E-state index contributed by atoms with van der Waals surface area (Å²) in [6, 6.07) is 9.06. The van der Waals surface area contributed by atoms with Gasteiger partial charge in [0.15, 0.2) is 0 Å². The van der Waals surface area contributed by atoms with Gasteiger partial charge in [0.25, 0.3) is 0 Å². The van der Waals surface area contributed by atoms with Crippen LogP contribution in [0.25, 0.3) is 10.9 Å². The van der Waals surface area contributed by atoms with Gasteiger partial charge in [0.05, 0.1) is 17.1 Å². The molecule has 5 nitrogen and oxygen atoms in total. The first-order chi connectivity index (χ1) is 13.2. The molecule has 2 aliphatic carbocycles. The summed E-state index contributed by atoms with van der Waals surface area (Å²) < 4.78 is 0. The smallest absolute Gasteiger partial charge is 0.137 e. The quantitative estimate of drug-likeness (QED) is 0.891. The van der Waals surface area contributed by atoms with Gasteiger partial charge in [-0.15, -0.1) is 0 Å². The molecule has 1 N–H and O–H groups in total. The van der Waals surface area contributed by atoms with E-state index in [1.54, 1.807) is 6.33 Å². The summed E-state index contributed by atoms with van der Waals surface area (Å²) in [7, 11) is 0. The maximum absolute atomic E-state index is 9.18. The van der Waals surface area contributed by atoms with Gasteiger partial charge >= 0.3 is 0 Å². The third kappa shape index (κ3) is 3.39. The van der Waals surface area contributed by atoms with E-state index in [4.69, 9.17) is 0 Å². The zero-order valence-electron chi connectivity index (χ0n) is 15.8. The molecule has 0 radical (unpaired) electrons. The molecule has 140 valence electrons. The molecule has 0 atom stereocenters. The van der Waals surface area contributed by atoms with Crippen LogP contribution in [-0.4, -0.2) is 40.0 Å². The SMILES string of the molecule is N#Cc1ccc2ncnc(NC3CCC(N4CCC5(CC4)CC5)CC3)c2c1. The molecule has 27 heavy (non-hydrogen) atoms. The fourth-order valence-corrected chi connectivity index (χ4v) is 5.06. The Morgan fingerprint density at radius 3 is 2.52 bits per heavy atom. The van der Waals surface area contributed by atoms with Crippen LogP contribution in [0.2, 0.25) is 0 Å². The summed E-state index contributed by atoms with van der Waals surface area (Å²) in [6.07, 6.45) is 12.4. The maximum atomic E-state index is 9.18. The zero-order chi connectivity index (χ0) is 18.3. The Hall–Kier alpha value is -2.19. The normalized spacial score (nSPS) is 27.4. The highest BCUT2D eigenvalue weighted by Crippen LogP contribution is 2.54. The van der Waals surface area contributed by atoms with E-state index in [1.807, 2.05) is 18.2 Å². The summed E-state index contributed by atoms with van der Waals surface area (Å²) in [4.78, 5) is 11.6. The summed E-state index contributed by atoms with van der Waals surface area (Å²) in [5.41, 5.74) is 2.32. The summed E-state index contributed by atoms with van der Waals surface area (Å²) in [5, 5.41) is 13.8. The van der Waals surface area contributed by atoms with Crippen LogP contribution >= 0.6 is 0 Å². The van der Waals surface area contributed by atoms with E-state index < -0.39 is 0 Å². The maximum Gasteiger partial charge on any atom is 0.137 e. The third-order valence-electron chi connectivity index (χ3n) is 7.13. The lowest BCUT2D eigenvalue weighted by Gasteiger charge is -2.41. The molecular formula is C22H27N5. The van der Waals surface area contributed by atoms with Gasteiger partial charge in [0.2, 0.25) is 0 Å². The molecule has 1 spiro atoms. The van der Waals surface area contributed by atoms with Crippen LogP contribution < -0.4 is 5.32 Å². The Balaban J connectivity index is 1.22. The lowest BCUT2D eigenvalue weighted by Crippen LogP contribution is -2.45. The lowest BCUT2D eigenvalue weighted by atomic mass is 9.86. The minimum atomic E-state index is 0.463. The standard InChI is InChI=1S/C22H27N5/c23-14-16-1-6-20-19(13-16)21(25-15-24-20)26-17-2-4-18(5-3-17)27-11-9-22(7-8-22)10-12-27/h1,6,13,15,17-18H,2-5,7-12H2,(H,24,25,26). The van der Waals surface area contributed by atoms with E-state index in [1.165, 1.54) is 64.5 Å². The number of hydrogen-bond donors (Lipinski definition) is 1. The van der Waals surface area contributed by atoms with Crippen molar-refractivity contribution in [3.63, 3.8) is 0 Å². The number of aromatic nitrogens is 2. The number of nitriles is 1. The molecule has 1 aromatic heterocycles. The van der Waals surface area contributed by atoms with Crippen LogP contribution in [0.15, 0.2) is 24.5 Å². The van der Waals surface area contributed by atoms with Crippen molar-refractivity contribution in [2.24, 2.45) is 5.41 Å². The fourth-order valence-electron chi connectivity index (χ4n) is 5.06. The van der Waals surface area contributed by atoms with Crippen molar-refractivity contribution in [2.45, 2.75) is 63.5 Å². The Kier molecular flexibility index (Phi) is 4.24. The van der Waals surface area contributed by atoms with Crippen LogP contribution in [-0.2, 0) is 0 Å². The average molecular weight is 361 g/mol. The van der Waals surface area contributed by atoms with Crippen molar-refractivity contribution in [1.29, 1.82) is 5.26 Å². The van der Waals surface area contributed by atoms with Gasteiger partial charge in [-0.05, 0) is 88.1 Å². The van der Waals surface area contributed by atoms with Crippen molar-refractivity contribution in [3.8, 4) is 6.07 Å². The monoisotopic (exact) mass is 361 g/mol. The van der Waals surface area contributed by atoms with E-state index in [9.17, 15) is 5.26 Å². The number of likely N-dealkylation sites (tertiary alicyclic amines) is 1. The molecule has 3 aliphatic rings. The van der Waals surface area contributed by atoms with Crippen molar-refractivity contribution >= 4 is 16.7 Å². The van der Waals surface area contributed by atoms with E-state index in [-0.39, 0.29) is 0 Å². The molecule has 1 aliphatic heterocycles. The number of fused-ring (bicyclic) bond motifs is 1. The Morgan fingerprint density at radius 2 is 1.81 bits per heavy atom. The summed E-state index contributed by atoms with van der Waals surface area (Å²) >= 11 is 0. The van der Waals surface area contributed by atoms with Crippen molar-refractivity contribution in [1.82, 2.24) is 14.9 Å². The first-order valence-electron chi connectivity index (χ1n) is 10.4. The topological polar surface area (TPSA) is 64.8 Å². The molecule has 0 bridgehead atoms. The van der Waals surface area contributed by atoms with Crippen LogP contribution in [0.1, 0.15) is 56.9 Å². The van der Waals surface area contributed by atoms with Gasteiger partial charge in [0, 0.05) is 17.5 Å². The van der Waals surface area contributed by atoms with Gasteiger partial charge in [-0.2, -0.15) is 5.26 Å². The van der Waals surface area contributed by atoms with Gasteiger partial charge in [-0.25, -0.2) is 9.97 Å². The fraction of sp³-hybridized carbons (Fsp3) is 0.591. The molecular weight excluding hydrogens is 334 g/mol. The number of benzene rings is 1. The molecule has 5 rings (SSSR count). The summed E-state index contributed by atoms with van der Waals surface area (Å²) in [6.45, 7) is 2.63. The number of hydrogen-bond acceptors (Lipinski definition) is 5. The van der Waals surface area contributed by atoms with Crippen LogP contribution in [0.4, 0.5) is 5.82 Å². The third-order valence-corrected chi connectivity index (χ3v) is 7.13. The van der Waals surface area contributed by atoms with Gasteiger partial charge in [0.1, 0.15) is 12.1 Å². The van der Waals surface area contributed by atoms with Crippen molar-refractivity contribution in [3.05, 3.63) is 30.1 Å². The minimum absolute atomic E-state index is 0.463. The van der Waals surface area contributed by atoms with E-state index in [2.05, 4.69) is 26.3 Å². The first-order valence-corrected chi connectivity index (χ1v) is 10.4. The highest BCUT2D eigenvalue weighted by Gasteiger charge is 2.45. The second-order valence-electron chi connectivity index (χ2n) is 8.75. The largest absolute Gasteiger partial charge is 0.367 e. The summed E-state index contributed by atoms with van der Waals surface area (Å²) in [5.74, 6) is 0.870. The Morgan fingerprint density at radius 1 is 1.04 bits per heavy atom. The van der Waals surface area contributed by atoms with Gasteiger partial charge in [-0.1, -0.05) is 0 Å². The predicted molar refractivity (Wildman–Crippen MR) is 106 cm³/mol. The van der Waals surface area contributed by atoms with Crippen LogP contribution in [0.5, 0.6) is 0 Å². The molecule has 2 aromatic rings. The van der Waals surface area contributed by atoms with E-state index in [0.29, 0.717) is 11.6 Å². The number of piperidine rings is 1. The van der Waals surface area contributed by atoms with Crippen LogP contribution in [0, 0.1) is 16.7 Å². The molecule has 2 heterocycles. The molecule has 5 heteroatoms. The van der Waals surface area contributed by atoms with Crippen LogP contribution in [0.3, 0.4) is 0 Å². The van der Waals surface area contributed by atoms with E-state index in [0.717, 1.165) is 28.2 Å². The predicted octanol–water partition coefficient (Wildman–Crippen LogP) is 4.10. The Labute approximate surface area is 160 Å². The highest BCUT2D eigenvalue weighted by molar-refractivity contribution is 5.89. The molecule has 1 aromatic carbocycles. The molecule has 1 saturated heterocycles. The number of nitrogens with one attached hydrogen (secondary N) is 1.